The molecule has 0 heterocycles. The predicted molar refractivity (Wildman–Crippen MR) is 54.8 cm³/mol. The van der Waals surface area contributed by atoms with Crippen molar-refractivity contribution in [2.24, 2.45) is 0 Å². The van der Waals surface area contributed by atoms with Crippen LogP contribution in [-0.4, -0.2) is 23.5 Å². The molecular weight excluding hydrogens is 233 g/mol. The summed E-state index contributed by atoms with van der Waals surface area (Å²) in [4.78, 5) is 2.00. The van der Waals surface area contributed by atoms with Crippen LogP contribution in [0.5, 0.6) is 0 Å². The zero-order valence-electron chi connectivity index (χ0n) is 9.03. The van der Waals surface area contributed by atoms with Gasteiger partial charge in [-0.25, -0.2) is 0 Å². The predicted octanol–water partition coefficient (Wildman–Crippen LogP) is 1.49. The first kappa shape index (κ1) is 19.8. The summed E-state index contributed by atoms with van der Waals surface area (Å²) in [6.45, 7) is 11.0. The second kappa shape index (κ2) is 19.0. The molecule has 0 N–H and O–H groups in total. The van der Waals surface area contributed by atoms with Crippen LogP contribution in [0.4, 0.5) is 0 Å². The van der Waals surface area contributed by atoms with Crippen LogP contribution in [0.3, 0.4) is 0 Å². The van der Waals surface area contributed by atoms with Crippen LogP contribution in [0.1, 0.15) is 6.92 Å². The molecule has 1 aliphatic carbocycles. The van der Waals surface area contributed by atoms with Gasteiger partial charge in [-0.2, -0.15) is 0 Å². The van der Waals surface area contributed by atoms with Crippen molar-refractivity contribution in [3.8, 4) is 0 Å². The van der Waals surface area contributed by atoms with E-state index in [1.807, 2.05) is 56.6 Å². The fourth-order valence-electron chi connectivity index (χ4n) is 0.321. The van der Waals surface area contributed by atoms with Gasteiger partial charge in [-0.1, -0.05) is 24.3 Å². The fourth-order valence-corrected chi connectivity index (χ4v) is 0.321. The summed E-state index contributed by atoms with van der Waals surface area (Å²) in [7, 11) is 3.98. The van der Waals surface area contributed by atoms with Crippen molar-refractivity contribution < 1.29 is 24.9 Å². The third-order valence-electron chi connectivity index (χ3n) is 1.17. The zero-order valence-corrected chi connectivity index (χ0v) is 10.2. The first-order valence-electron chi connectivity index (χ1n) is 3.88. The Labute approximate surface area is 99.6 Å². The molecule has 4 heteroatoms. The van der Waals surface area contributed by atoms with Gasteiger partial charge in [0.1, 0.15) is 0 Å². The van der Waals surface area contributed by atoms with Crippen LogP contribution < -0.4 is 0 Å². The molecule has 0 aliphatic heterocycles. The SMILES string of the molecule is C[C](=[Mn])N(C)C.[C-]#[O+].[C-]#[O+].[CH]1C=CC=C1. The molecule has 0 atom stereocenters. The van der Waals surface area contributed by atoms with E-state index in [1.54, 1.807) is 0 Å². The van der Waals surface area contributed by atoms with E-state index >= 15 is 0 Å². The second-order valence-electron chi connectivity index (χ2n) is 2.35. The summed E-state index contributed by atoms with van der Waals surface area (Å²) in [5.41, 5.74) is 0. The molecule has 1 rings (SSSR count). The van der Waals surface area contributed by atoms with Crippen molar-refractivity contribution in [3.63, 3.8) is 0 Å². The molecule has 0 unspecified atom stereocenters. The first-order valence-corrected chi connectivity index (χ1v) is 4.47. The third-order valence-corrected chi connectivity index (χ3v) is 1.70. The number of hydrogen-bond acceptors (Lipinski definition) is 1. The molecule has 0 fully saturated rings. The summed E-state index contributed by atoms with van der Waals surface area (Å²) in [6, 6.07) is 0. The molecule has 3 nitrogen and oxygen atoms in total. The Morgan fingerprint density at radius 1 is 1.00 bits per heavy atom. The molecular formula is C11H14MnNO2. The average molecular weight is 247 g/mol. The quantitative estimate of drug-likeness (QED) is 0.393. The van der Waals surface area contributed by atoms with Crippen molar-refractivity contribution in [2.45, 2.75) is 6.92 Å². The molecule has 1 aliphatic rings. The molecule has 15 heavy (non-hydrogen) atoms. The number of allylic oxidation sites excluding steroid dienone is 4. The van der Waals surface area contributed by atoms with Crippen LogP contribution in [-0.2, 0) is 24.9 Å². The molecule has 0 saturated heterocycles. The van der Waals surface area contributed by atoms with Gasteiger partial charge in [0.15, 0.2) is 0 Å². The normalized spacial score (nSPS) is 9.87. The van der Waals surface area contributed by atoms with Crippen LogP contribution in [0.15, 0.2) is 24.3 Å². The van der Waals surface area contributed by atoms with E-state index in [9.17, 15) is 0 Å². The van der Waals surface area contributed by atoms with Gasteiger partial charge in [-0.05, 0) is 0 Å². The molecule has 0 bridgehead atoms. The smallest absolute Gasteiger partial charge is 0.00506 e. The Balaban J connectivity index is -0.000000145. The molecule has 82 valence electrons. The average Bonchev–Trinajstić information content (AvgIpc) is 2.82. The molecule has 0 amide bonds. The molecule has 0 saturated carbocycles. The van der Waals surface area contributed by atoms with E-state index in [2.05, 4.69) is 28.9 Å². The van der Waals surface area contributed by atoms with E-state index in [0.717, 1.165) is 4.54 Å². The summed E-state index contributed by atoms with van der Waals surface area (Å²) in [5.74, 6) is 0. The Bertz CT molecular complexity index is 223. The minimum Gasteiger partial charge on any atom is -0.0767 e. The van der Waals surface area contributed by atoms with Gasteiger partial charge in [-0.15, -0.1) is 0 Å². The maximum atomic E-state index is 7.50. The van der Waals surface area contributed by atoms with Gasteiger partial charge in [0, 0.05) is 6.42 Å². The maximum Gasteiger partial charge on any atom is 0.00506 e. The van der Waals surface area contributed by atoms with Gasteiger partial charge < -0.3 is 0 Å². The van der Waals surface area contributed by atoms with Crippen LogP contribution in [0, 0.1) is 19.7 Å². The fraction of sp³-hybridized carbons (Fsp3) is 0.273. The standard InChI is InChI=1S/C5H5.C4H9N.2CO.Mn/c1-2-4-5-3-1;1-4-5(2)3;2*1-2;/h1-5H;1-3H3;;;. The van der Waals surface area contributed by atoms with Crippen molar-refractivity contribution in [1.29, 1.82) is 0 Å². The zero-order chi connectivity index (χ0) is 12.7. The largest absolute Gasteiger partial charge is 0.0767 e. The van der Waals surface area contributed by atoms with Gasteiger partial charge >= 0.3 is 68.6 Å². The van der Waals surface area contributed by atoms with Crippen molar-refractivity contribution in [1.82, 2.24) is 4.90 Å². The number of nitrogens with zero attached hydrogens (tertiary/aromatic N) is 1. The Morgan fingerprint density at radius 3 is 1.33 bits per heavy atom. The molecule has 0 aromatic carbocycles. The van der Waals surface area contributed by atoms with Crippen molar-refractivity contribution in [2.75, 3.05) is 14.1 Å². The molecule has 0 aromatic rings. The van der Waals surface area contributed by atoms with Crippen LogP contribution in [0.2, 0.25) is 0 Å². The third kappa shape index (κ3) is 24.7. The Hall–Kier alpha value is -0.691. The van der Waals surface area contributed by atoms with Crippen molar-refractivity contribution >= 4 is 4.54 Å². The maximum absolute atomic E-state index is 7.50. The minimum atomic E-state index is 1.16. The molecule has 0 aromatic heterocycles. The molecule has 1 radical (unpaired) electrons. The van der Waals surface area contributed by atoms with Crippen LogP contribution in [0.25, 0.3) is 0 Å². The summed E-state index contributed by atoms with van der Waals surface area (Å²) in [6.07, 6.45) is 10.0. The van der Waals surface area contributed by atoms with E-state index in [1.165, 1.54) is 0 Å². The summed E-state index contributed by atoms with van der Waals surface area (Å²) in [5, 5.41) is 0. The first-order chi connectivity index (χ1) is 7.14. The van der Waals surface area contributed by atoms with E-state index in [-0.39, 0.29) is 0 Å². The van der Waals surface area contributed by atoms with E-state index in [4.69, 9.17) is 9.30 Å². The second-order valence-corrected chi connectivity index (χ2v) is 3.21. The topological polar surface area (TPSA) is 43.0 Å². The Morgan fingerprint density at radius 2 is 1.27 bits per heavy atom. The van der Waals surface area contributed by atoms with Gasteiger partial charge in [-0.3, -0.25) is 0 Å². The van der Waals surface area contributed by atoms with Crippen LogP contribution >= 0.6 is 0 Å². The minimum absolute atomic E-state index is 1.16. The summed E-state index contributed by atoms with van der Waals surface area (Å²) >= 11 is 3.28. The van der Waals surface area contributed by atoms with E-state index < -0.39 is 0 Å². The van der Waals surface area contributed by atoms with Crippen molar-refractivity contribution in [3.05, 3.63) is 44.0 Å². The Kier molecular flexibility index (Phi) is 25.1. The van der Waals surface area contributed by atoms with Gasteiger partial charge in [0.05, 0.1) is 0 Å². The van der Waals surface area contributed by atoms with E-state index in [0.29, 0.717) is 0 Å². The monoisotopic (exact) mass is 247 g/mol. The molecule has 0 spiro atoms. The van der Waals surface area contributed by atoms with Gasteiger partial charge in [0.2, 0.25) is 0 Å². The van der Waals surface area contributed by atoms with Gasteiger partial charge in [0.25, 0.3) is 0 Å². The number of hydrogen-bond donors (Lipinski definition) is 0. The summed E-state index contributed by atoms with van der Waals surface area (Å²) < 4.78 is 16.2. The number of rotatable bonds is 1.